The van der Waals surface area contributed by atoms with Crippen molar-refractivity contribution in [1.29, 1.82) is 0 Å². The zero-order chi connectivity index (χ0) is 20.3. The van der Waals surface area contributed by atoms with Gasteiger partial charge in [-0.25, -0.2) is 0 Å². The first-order valence-electron chi connectivity index (χ1n) is 8.83. The van der Waals surface area contributed by atoms with E-state index >= 15 is 0 Å². The van der Waals surface area contributed by atoms with Crippen molar-refractivity contribution in [3.8, 4) is 5.75 Å². The van der Waals surface area contributed by atoms with Gasteiger partial charge in [0, 0.05) is 18.7 Å². The predicted molar refractivity (Wildman–Crippen MR) is 98.2 cm³/mol. The van der Waals surface area contributed by atoms with E-state index < -0.39 is 23.8 Å². The third kappa shape index (κ3) is 4.27. The summed E-state index contributed by atoms with van der Waals surface area (Å²) in [5.41, 5.74) is 0.0734. The highest BCUT2D eigenvalue weighted by molar-refractivity contribution is 6.01. The minimum absolute atomic E-state index is 0.00245. The van der Waals surface area contributed by atoms with Gasteiger partial charge in [-0.15, -0.1) is 0 Å². The molecule has 1 atom stereocenters. The van der Waals surface area contributed by atoms with E-state index in [0.717, 1.165) is 12.1 Å². The van der Waals surface area contributed by atoms with Crippen LogP contribution in [0.25, 0.3) is 0 Å². The molecule has 1 aliphatic rings. The molecule has 0 aliphatic carbocycles. The maximum Gasteiger partial charge on any atom is 0.416 e. The molecule has 8 heteroatoms. The first-order valence-corrected chi connectivity index (χ1v) is 8.83. The summed E-state index contributed by atoms with van der Waals surface area (Å²) in [7, 11) is 0. The van der Waals surface area contributed by atoms with Crippen LogP contribution in [0.3, 0.4) is 0 Å². The average Bonchev–Trinajstić information content (AvgIpc) is 2.66. The molecule has 1 heterocycles. The van der Waals surface area contributed by atoms with Crippen LogP contribution in [0, 0.1) is 0 Å². The number of nitrogens with zero attached hydrogens (tertiary/aromatic N) is 1. The average molecular weight is 392 g/mol. The summed E-state index contributed by atoms with van der Waals surface area (Å²) in [5.74, 6) is -0.0368. The molecule has 2 aromatic rings. The van der Waals surface area contributed by atoms with Crippen LogP contribution >= 0.6 is 0 Å². The molecule has 0 radical (unpaired) electrons. The maximum atomic E-state index is 12.6. The van der Waals surface area contributed by atoms with E-state index in [1.807, 2.05) is 6.92 Å². The summed E-state index contributed by atoms with van der Waals surface area (Å²) in [6.45, 7) is 1.98. The number of carbonyl (C=O) groups excluding carboxylic acids is 2. The Hall–Kier alpha value is -3.03. The van der Waals surface area contributed by atoms with Crippen LogP contribution in [0.2, 0.25) is 0 Å². The monoisotopic (exact) mass is 392 g/mol. The van der Waals surface area contributed by atoms with Gasteiger partial charge in [-0.3, -0.25) is 9.59 Å². The zero-order valence-corrected chi connectivity index (χ0v) is 15.1. The number of alkyl halides is 3. The number of para-hydroxylation sites is 2. The van der Waals surface area contributed by atoms with Crippen molar-refractivity contribution >= 4 is 23.2 Å². The van der Waals surface area contributed by atoms with Crippen LogP contribution < -0.4 is 15.0 Å². The van der Waals surface area contributed by atoms with E-state index in [1.165, 1.54) is 17.0 Å². The Balaban J connectivity index is 1.64. The number of hydrogen-bond donors (Lipinski definition) is 1. The quantitative estimate of drug-likeness (QED) is 0.828. The molecular weight excluding hydrogens is 373 g/mol. The normalized spacial score (nSPS) is 16.4. The van der Waals surface area contributed by atoms with Crippen LogP contribution in [0.15, 0.2) is 48.5 Å². The lowest BCUT2D eigenvalue weighted by Crippen LogP contribution is -2.46. The van der Waals surface area contributed by atoms with Crippen LogP contribution in [-0.2, 0) is 15.8 Å². The minimum atomic E-state index is -4.43. The first-order chi connectivity index (χ1) is 13.3. The van der Waals surface area contributed by atoms with Gasteiger partial charge in [0.15, 0.2) is 6.10 Å². The van der Waals surface area contributed by atoms with Crippen LogP contribution in [0.1, 0.15) is 25.3 Å². The van der Waals surface area contributed by atoms with Gasteiger partial charge >= 0.3 is 6.18 Å². The third-order valence-corrected chi connectivity index (χ3v) is 4.40. The molecule has 1 unspecified atom stereocenters. The minimum Gasteiger partial charge on any atom is -0.478 e. The van der Waals surface area contributed by atoms with E-state index in [0.29, 0.717) is 17.9 Å². The number of amides is 2. The van der Waals surface area contributed by atoms with Crippen molar-refractivity contribution in [3.63, 3.8) is 0 Å². The molecule has 0 saturated carbocycles. The van der Waals surface area contributed by atoms with Crippen LogP contribution in [0.5, 0.6) is 5.75 Å². The van der Waals surface area contributed by atoms with Gasteiger partial charge in [0.05, 0.1) is 11.3 Å². The lowest BCUT2D eigenvalue weighted by molar-refractivity contribution is -0.137. The summed E-state index contributed by atoms with van der Waals surface area (Å²) < 4.78 is 43.5. The van der Waals surface area contributed by atoms with Crippen molar-refractivity contribution in [2.45, 2.75) is 32.0 Å². The standard InChI is InChI=1S/C20H19F3N2O3/c1-2-16-19(27)25(15-5-3-4-6-17(15)28-16)12-11-18(26)24-14-9-7-13(8-10-14)20(21,22)23/h3-10,16H,2,11-12H2,1H3,(H,24,26). The summed E-state index contributed by atoms with van der Waals surface area (Å²) in [5, 5.41) is 2.55. The lowest BCUT2D eigenvalue weighted by Gasteiger charge is -2.33. The van der Waals surface area contributed by atoms with E-state index in [2.05, 4.69) is 5.32 Å². The zero-order valence-electron chi connectivity index (χ0n) is 15.1. The summed E-state index contributed by atoms with van der Waals surface area (Å²) >= 11 is 0. The number of rotatable bonds is 5. The number of benzene rings is 2. The van der Waals surface area contributed by atoms with Crippen molar-refractivity contribution in [2.24, 2.45) is 0 Å². The first kappa shape index (κ1) is 19.7. The van der Waals surface area contributed by atoms with Gasteiger partial charge in [-0.2, -0.15) is 13.2 Å². The number of anilines is 2. The number of ether oxygens (including phenoxy) is 1. The molecule has 0 bridgehead atoms. The number of halogens is 3. The molecule has 0 saturated heterocycles. The topological polar surface area (TPSA) is 58.6 Å². The predicted octanol–water partition coefficient (Wildman–Crippen LogP) is 4.24. The molecule has 148 valence electrons. The van der Waals surface area contributed by atoms with Crippen molar-refractivity contribution in [1.82, 2.24) is 0 Å². The molecule has 2 aromatic carbocycles. The van der Waals surface area contributed by atoms with E-state index in [4.69, 9.17) is 4.74 Å². The number of fused-ring (bicyclic) bond motifs is 1. The number of nitrogens with one attached hydrogen (secondary N) is 1. The maximum absolute atomic E-state index is 12.6. The second kappa shape index (κ2) is 7.92. The van der Waals surface area contributed by atoms with Gasteiger partial charge in [-0.05, 0) is 42.8 Å². The Bertz CT molecular complexity index is 866. The largest absolute Gasteiger partial charge is 0.478 e. The SMILES string of the molecule is CCC1Oc2ccccc2N(CCC(=O)Nc2ccc(C(F)(F)F)cc2)C1=O. The van der Waals surface area contributed by atoms with Gasteiger partial charge in [-0.1, -0.05) is 19.1 Å². The Labute approximate surface area is 160 Å². The van der Waals surface area contributed by atoms with Crippen LogP contribution in [0.4, 0.5) is 24.5 Å². The molecule has 2 amide bonds. The smallest absolute Gasteiger partial charge is 0.416 e. The fourth-order valence-electron chi connectivity index (χ4n) is 2.94. The highest BCUT2D eigenvalue weighted by atomic mass is 19.4. The fourth-order valence-corrected chi connectivity index (χ4v) is 2.94. The molecule has 1 N–H and O–H groups in total. The van der Waals surface area contributed by atoms with Gasteiger partial charge in [0.25, 0.3) is 5.91 Å². The van der Waals surface area contributed by atoms with Crippen molar-refractivity contribution in [3.05, 3.63) is 54.1 Å². The van der Waals surface area contributed by atoms with Crippen LogP contribution in [-0.4, -0.2) is 24.5 Å². The summed E-state index contributed by atoms with van der Waals surface area (Å²) in [6.07, 6.45) is -4.53. The molecule has 0 fully saturated rings. The molecule has 28 heavy (non-hydrogen) atoms. The number of hydrogen-bond acceptors (Lipinski definition) is 3. The Morgan fingerprint density at radius 3 is 2.46 bits per heavy atom. The lowest BCUT2D eigenvalue weighted by atomic mass is 10.1. The summed E-state index contributed by atoms with van der Waals surface area (Å²) in [4.78, 5) is 26.3. The van der Waals surface area contributed by atoms with Crippen molar-refractivity contribution in [2.75, 3.05) is 16.8 Å². The fraction of sp³-hybridized carbons (Fsp3) is 0.300. The van der Waals surface area contributed by atoms with E-state index in [-0.39, 0.29) is 24.6 Å². The van der Waals surface area contributed by atoms with E-state index in [9.17, 15) is 22.8 Å². The molecular formula is C20H19F3N2O3. The molecule has 5 nitrogen and oxygen atoms in total. The summed E-state index contributed by atoms with van der Waals surface area (Å²) in [6, 6.07) is 11.3. The Kier molecular flexibility index (Phi) is 5.58. The van der Waals surface area contributed by atoms with Gasteiger partial charge < -0.3 is 15.0 Å². The third-order valence-electron chi connectivity index (χ3n) is 4.40. The second-order valence-corrected chi connectivity index (χ2v) is 6.35. The number of carbonyl (C=O) groups is 2. The van der Waals surface area contributed by atoms with E-state index in [1.54, 1.807) is 24.3 Å². The molecule has 3 rings (SSSR count). The van der Waals surface area contributed by atoms with Gasteiger partial charge in [0.2, 0.25) is 5.91 Å². The Morgan fingerprint density at radius 2 is 1.82 bits per heavy atom. The van der Waals surface area contributed by atoms with Gasteiger partial charge in [0.1, 0.15) is 5.75 Å². The second-order valence-electron chi connectivity index (χ2n) is 6.35. The molecule has 1 aliphatic heterocycles. The highest BCUT2D eigenvalue weighted by Gasteiger charge is 2.33. The molecule has 0 spiro atoms. The molecule has 0 aromatic heterocycles. The highest BCUT2D eigenvalue weighted by Crippen LogP contribution is 2.34. The Morgan fingerprint density at radius 1 is 1.14 bits per heavy atom. The van der Waals surface area contributed by atoms with Crippen molar-refractivity contribution < 1.29 is 27.5 Å².